The molecule has 0 spiro atoms. The van der Waals surface area contributed by atoms with Gasteiger partial charge in [0, 0.05) is 10.8 Å². The fourth-order valence-corrected chi connectivity index (χ4v) is 2.56. The minimum atomic E-state index is 0.532. The number of fused-ring (bicyclic) bond motifs is 5. The molecule has 0 aliphatic heterocycles. The molecule has 0 saturated carbocycles. The smallest absolute Gasteiger partial charge is 0.205 e. The van der Waals surface area contributed by atoms with E-state index in [0.29, 0.717) is 5.95 Å². The van der Waals surface area contributed by atoms with Gasteiger partial charge in [0.2, 0.25) is 5.95 Å². The maximum atomic E-state index is 6.08. The van der Waals surface area contributed by atoms with Crippen molar-refractivity contribution < 1.29 is 0 Å². The van der Waals surface area contributed by atoms with Crippen molar-refractivity contribution in [3.63, 3.8) is 0 Å². The van der Waals surface area contributed by atoms with Crippen LogP contribution in [0.4, 0.5) is 5.95 Å². The van der Waals surface area contributed by atoms with Gasteiger partial charge in [0.15, 0.2) is 0 Å². The summed E-state index contributed by atoms with van der Waals surface area (Å²) in [5, 5.41) is 2.31. The molecule has 0 amide bonds. The van der Waals surface area contributed by atoms with E-state index in [0.717, 1.165) is 21.9 Å². The normalized spacial score (nSPS) is 11.6. The summed E-state index contributed by atoms with van der Waals surface area (Å²) in [6.45, 7) is 0. The van der Waals surface area contributed by atoms with E-state index in [-0.39, 0.29) is 0 Å². The highest BCUT2D eigenvalue weighted by atomic mass is 15.1. The number of benzene rings is 2. The Balaban J connectivity index is 2.38. The maximum Gasteiger partial charge on any atom is 0.205 e. The molecule has 0 atom stereocenters. The lowest BCUT2D eigenvalue weighted by molar-refractivity contribution is 1.18. The first kappa shape index (κ1) is 9.48. The molecule has 0 aliphatic rings. The van der Waals surface area contributed by atoms with Crippen LogP contribution in [0.2, 0.25) is 0 Å². The number of rotatable bonds is 0. The van der Waals surface area contributed by atoms with Gasteiger partial charge in [-0.1, -0.05) is 36.4 Å². The van der Waals surface area contributed by atoms with E-state index in [9.17, 15) is 0 Å². The largest absolute Gasteiger partial charge is 0.369 e. The van der Waals surface area contributed by atoms with E-state index in [2.05, 4.69) is 29.2 Å². The lowest BCUT2D eigenvalue weighted by atomic mass is 10.2. The Kier molecular flexibility index (Phi) is 1.70. The van der Waals surface area contributed by atoms with E-state index in [1.807, 2.05) is 34.7 Å². The predicted octanol–water partition coefficient (Wildman–Crippen LogP) is 3.22. The van der Waals surface area contributed by atoms with Crippen molar-refractivity contribution in [3.8, 4) is 0 Å². The number of nitrogens with zero attached hydrogens (tertiary/aromatic N) is 2. The standard InChI is InChI=1S/C15H11N3/c16-15-17-12-7-3-2-6-11(12)14-9-10-5-1-4-8-13(10)18(14)15/h1-9H,(H2,16,17). The lowest BCUT2D eigenvalue weighted by Crippen LogP contribution is -2.00. The molecule has 4 aromatic rings. The Morgan fingerprint density at radius 2 is 1.67 bits per heavy atom. The van der Waals surface area contributed by atoms with Gasteiger partial charge in [-0.15, -0.1) is 0 Å². The predicted molar refractivity (Wildman–Crippen MR) is 74.6 cm³/mol. The van der Waals surface area contributed by atoms with Crippen LogP contribution in [0, 0.1) is 0 Å². The van der Waals surface area contributed by atoms with Gasteiger partial charge in [0.1, 0.15) is 0 Å². The molecule has 0 unspecified atom stereocenters. The van der Waals surface area contributed by atoms with Crippen LogP contribution in [0.15, 0.2) is 54.6 Å². The summed E-state index contributed by atoms with van der Waals surface area (Å²) < 4.78 is 2.01. The summed E-state index contributed by atoms with van der Waals surface area (Å²) in [5.41, 5.74) is 9.23. The average Bonchev–Trinajstić information content (AvgIpc) is 2.79. The SMILES string of the molecule is Nc1nc2ccccc2c2cc3ccccc3n12. The van der Waals surface area contributed by atoms with Crippen LogP contribution in [-0.4, -0.2) is 9.38 Å². The van der Waals surface area contributed by atoms with Gasteiger partial charge in [-0.2, -0.15) is 0 Å². The molecule has 0 bridgehead atoms. The number of aromatic nitrogens is 2. The highest BCUT2D eigenvalue weighted by molar-refractivity contribution is 6.01. The molecule has 0 aliphatic carbocycles. The Morgan fingerprint density at radius 3 is 2.61 bits per heavy atom. The van der Waals surface area contributed by atoms with Gasteiger partial charge in [-0.05, 0) is 18.2 Å². The highest BCUT2D eigenvalue weighted by Crippen LogP contribution is 2.27. The summed E-state index contributed by atoms with van der Waals surface area (Å²) in [7, 11) is 0. The summed E-state index contributed by atoms with van der Waals surface area (Å²) in [6, 6.07) is 18.4. The molecule has 3 nitrogen and oxygen atoms in total. The van der Waals surface area contributed by atoms with Crippen LogP contribution in [0.5, 0.6) is 0 Å². The highest BCUT2D eigenvalue weighted by Gasteiger charge is 2.09. The second-order valence-corrected chi connectivity index (χ2v) is 4.41. The Labute approximate surface area is 103 Å². The second-order valence-electron chi connectivity index (χ2n) is 4.41. The van der Waals surface area contributed by atoms with Crippen molar-refractivity contribution in [2.45, 2.75) is 0 Å². The monoisotopic (exact) mass is 233 g/mol. The van der Waals surface area contributed by atoms with Crippen molar-refractivity contribution in [1.82, 2.24) is 9.38 Å². The van der Waals surface area contributed by atoms with Crippen LogP contribution in [0.1, 0.15) is 0 Å². The van der Waals surface area contributed by atoms with E-state index >= 15 is 0 Å². The average molecular weight is 233 g/mol. The number of hydrogen-bond donors (Lipinski definition) is 1. The zero-order chi connectivity index (χ0) is 12.1. The minimum Gasteiger partial charge on any atom is -0.369 e. The third-order valence-corrected chi connectivity index (χ3v) is 3.35. The first-order valence-electron chi connectivity index (χ1n) is 5.89. The molecule has 0 fully saturated rings. The summed E-state index contributed by atoms with van der Waals surface area (Å²) >= 11 is 0. The van der Waals surface area contributed by atoms with Crippen molar-refractivity contribution in [2.75, 3.05) is 5.73 Å². The number of para-hydroxylation sites is 2. The molecule has 18 heavy (non-hydrogen) atoms. The Bertz CT molecular complexity index is 890. The maximum absolute atomic E-state index is 6.08. The van der Waals surface area contributed by atoms with Crippen LogP contribution in [0.3, 0.4) is 0 Å². The second kappa shape index (κ2) is 3.23. The van der Waals surface area contributed by atoms with E-state index < -0.39 is 0 Å². The van der Waals surface area contributed by atoms with Gasteiger partial charge < -0.3 is 5.73 Å². The van der Waals surface area contributed by atoms with Crippen LogP contribution >= 0.6 is 0 Å². The van der Waals surface area contributed by atoms with Gasteiger partial charge in [0.05, 0.1) is 16.6 Å². The first-order chi connectivity index (χ1) is 8.84. The van der Waals surface area contributed by atoms with Crippen molar-refractivity contribution in [1.29, 1.82) is 0 Å². The van der Waals surface area contributed by atoms with Crippen LogP contribution < -0.4 is 5.73 Å². The molecule has 4 rings (SSSR count). The van der Waals surface area contributed by atoms with Crippen molar-refractivity contribution >= 4 is 33.3 Å². The molecule has 2 aromatic heterocycles. The molecule has 2 heterocycles. The fraction of sp³-hybridized carbons (Fsp3) is 0. The lowest BCUT2D eigenvalue weighted by Gasteiger charge is -2.05. The number of hydrogen-bond acceptors (Lipinski definition) is 2. The zero-order valence-electron chi connectivity index (χ0n) is 9.67. The van der Waals surface area contributed by atoms with Gasteiger partial charge in [-0.25, -0.2) is 4.98 Å². The number of anilines is 1. The molecule has 3 heteroatoms. The first-order valence-corrected chi connectivity index (χ1v) is 5.89. The fourth-order valence-electron chi connectivity index (χ4n) is 2.56. The summed E-state index contributed by atoms with van der Waals surface area (Å²) in [5.74, 6) is 0.532. The number of nitrogen functional groups attached to an aromatic ring is 1. The molecule has 0 saturated heterocycles. The quantitative estimate of drug-likeness (QED) is 0.506. The van der Waals surface area contributed by atoms with Gasteiger partial charge in [0.25, 0.3) is 0 Å². The van der Waals surface area contributed by atoms with Crippen LogP contribution in [-0.2, 0) is 0 Å². The molecule has 2 N–H and O–H groups in total. The number of nitrogens with two attached hydrogens (primary N) is 1. The molecule has 2 aromatic carbocycles. The summed E-state index contributed by atoms with van der Waals surface area (Å²) in [4.78, 5) is 4.47. The topological polar surface area (TPSA) is 43.3 Å². The zero-order valence-corrected chi connectivity index (χ0v) is 9.67. The molecular weight excluding hydrogens is 222 g/mol. The minimum absolute atomic E-state index is 0.532. The van der Waals surface area contributed by atoms with Gasteiger partial charge in [-0.3, -0.25) is 4.40 Å². The third-order valence-electron chi connectivity index (χ3n) is 3.35. The third kappa shape index (κ3) is 1.10. The summed E-state index contributed by atoms with van der Waals surface area (Å²) in [6.07, 6.45) is 0. The molecule has 86 valence electrons. The van der Waals surface area contributed by atoms with E-state index in [1.165, 1.54) is 5.39 Å². The molecular formula is C15H11N3. The van der Waals surface area contributed by atoms with Crippen LogP contribution in [0.25, 0.3) is 27.3 Å². The van der Waals surface area contributed by atoms with E-state index in [4.69, 9.17) is 5.73 Å². The van der Waals surface area contributed by atoms with Gasteiger partial charge >= 0.3 is 0 Å². The van der Waals surface area contributed by atoms with Crippen molar-refractivity contribution in [2.24, 2.45) is 0 Å². The van der Waals surface area contributed by atoms with Crippen molar-refractivity contribution in [3.05, 3.63) is 54.6 Å². The Hall–Kier alpha value is -2.55. The van der Waals surface area contributed by atoms with E-state index in [1.54, 1.807) is 0 Å². The molecule has 0 radical (unpaired) electrons. The Morgan fingerprint density at radius 1 is 0.889 bits per heavy atom.